The van der Waals surface area contributed by atoms with Gasteiger partial charge in [0.15, 0.2) is 0 Å². The van der Waals surface area contributed by atoms with Gasteiger partial charge >= 0.3 is 5.97 Å². The highest BCUT2D eigenvalue weighted by molar-refractivity contribution is 5.76. The summed E-state index contributed by atoms with van der Waals surface area (Å²) in [7, 11) is 1.90. The quantitative estimate of drug-likeness (QED) is 0.486. The molecule has 0 saturated heterocycles. The third kappa shape index (κ3) is 10.8. The molecule has 5 nitrogen and oxygen atoms in total. The molecule has 0 heterocycles. The number of unbranched alkanes of at least 4 members (excludes halogenated alkanes) is 2. The molecule has 15 heavy (non-hydrogen) atoms. The molecule has 1 amide bonds. The molecule has 5 heteroatoms. The highest BCUT2D eigenvalue weighted by atomic mass is 16.4. The second kappa shape index (κ2) is 9.45. The highest BCUT2D eigenvalue weighted by Crippen LogP contribution is 1.98. The van der Waals surface area contributed by atoms with Crippen molar-refractivity contribution in [3.05, 3.63) is 0 Å². The molecule has 0 aromatic rings. The van der Waals surface area contributed by atoms with E-state index in [0.29, 0.717) is 6.42 Å². The van der Waals surface area contributed by atoms with Crippen LogP contribution in [0.25, 0.3) is 0 Å². The van der Waals surface area contributed by atoms with E-state index in [9.17, 15) is 9.59 Å². The zero-order valence-electron chi connectivity index (χ0n) is 9.21. The van der Waals surface area contributed by atoms with E-state index in [4.69, 9.17) is 5.11 Å². The average Bonchev–Trinajstić information content (AvgIpc) is 2.17. The molecule has 0 fully saturated rings. The second-order valence-electron chi connectivity index (χ2n) is 3.41. The maximum absolute atomic E-state index is 11.1. The SMILES string of the molecule is CNCCCCCC(=O)NCCC(=O)O. The van der Waals surface area contributed by atoms with E-state index in [1.807, 2.05) is 7.05 Å². The van der Waals surface area contributed by atoms with E-state index in [1.54, 1.807) is 0 Å². The van der Waals surface area contributed by atoms with Crippen LogP contribution in [0.4, 0.5) is 0 Å². The fourth-order valence-electron chi connectivity index (χ4n) is 1.16. The van der Waals surface area contributed by atoms with Crippen LogP contribution < -0.4 is 10.6 Å². The zero-order chi connectivity index (χ0) is 11.5. The molecule has 0 aliphatic heterocycles. The summed E-state index contributed by atoms with van der Waals surface area (Å²) in [6, 6.07) is 0. The third-order valence-corrected chi connectivity index (χ3v) is 1.99. The largest absolute Gasteiger partial charge is 0.481 e. The van der Waals surface area contributed by atoms with Crippen molar-refractivity contribution in [1.29, 1.82) is 0 Å². The Balaban J connectivity index is 3.22. The number of carboxylic acids is 1. The van der Waals surface area contributed by atoms with E-state index in [1.165, 1.54) is 0 Å². The van der Waals surface area contributed by atoms with Gasteiger partial charge in [0.2, 0.25) is 5.91 Å². The van der Waals surface area contributed by atoms with Crippen molar-refractivity contribution in [3.63, 3.8) is 0 Å². The Labute approximate surface area is 90.2 Å². The molecule has 0 aliphatic rings. The van der Waals surface area contributed by atoms with Gasteiger partial charge < -0.3 is 15.7 Å². The highest BCUT2D eigenvalue weighted by Gasteiger charge is 2.01. The lowest BCUT2D eigenvalue weighted by Gasteiger charge is -2.03. The Morgan fingerprint density at radius 2 is 1.80 bits per heavy atom. The van der Waals surface area contributed by atoms with Crippen LogP contribution >= 0.6 is 0 Å². The van der Waals surface area contributed by atoms with Gasteiger partial charge in [-0.05, 0) is 26.4 Å². The number of hydrogen-bond donors (Lipinski definition) is 3. The monoisotopic (exact) mass is 216 g/mol. The zero-order valence-corrected chi connectivity index (χ0v) is 9.21. The normalized spacial score (nSPS) is 9.93. The van der Waals surface area contributed by atoms with Crippen LogP contribution in [0.2, 0.25) is 0 Å². The Hall–Kier alpha value is -1.10. The summed E-state index contributed by atoms with van der Waals surface area (Å²) in [4.78, 5) is 21.3. The number of nitrogens with one attached hydrogen (secondary N) is 2. The van der Waals surface area contributed by atoms with E-state index < -0.39 is 5.97 Å². The Bertz CT molecular complexity index is 195. The van der Waals surface area contributed by atoms with Crippen molar-refractivity contribution in [1.82, 2.24) is 10.6 Å². The summed E-state index contributed by atoms with van der Waals surface area (Å²) in [6.07, 6.45) is 3.43. The van der Waals surface area contributed by atoms with Crippen molar-refractivity contribution in [2.45, 2.75) is 32.1 Å². The minimum atomic E-state index is -0.885. The molecule has 0 aromatic heterocycles. The molecule has 0 aliphatic carbocycles. The minimum Gasteiger partial charge on any atom is -0.481 e. The smallest absolute Gasteiger partial charge is 0.305 e. The van der Waals surface area contributed by atoms with Gasteiger partial charge in [0.25, 0.3) is 0 Å². The van der Waals surface area contributed by atoms with Crippen LogP contribution in [0, 0.1) is 0 Å². The van der Waals surface area contributed by atoms with Gasteiger partial charge in [-0.1, -0.05) is 6.42 Å². The first-order valence-corrected chi connectivity index (χ1v) is 5.30. The van der Waals surface area contributed by atoms with E-state index in [2.05, 4.69) is 10.6 Å². The minimum absolute atomic E-state index is 0.00844. The van der Waals surface area contributed by atoms with Crippen molar-refractivity contribution in [2.75, 3.05) is 20.1 Å². The lowest BCUT2D eigenvalue weighted by Crippen LogP contribution is -2.25. The summed E-state index contributed by atoms with van der Waals surface area (Å²) < 4.78 is 0. The van der Waals surface area contributed by atoms with Gasteiger partial charge in [0.05, 0.1) is 6.42 Å². The Morgan fingerprint density at radius 1 is 1.07 bits per heavy atom. The molecule has 0 saturated carbocycles. The molecule has 88 valence electrons. The van der Waals surface area contributed by atoms with Crippen LogP contribution in [0.3, 0.4) is 0 Å². The van der Waals surface area contributed by atoms with Crippen LogP contribution in [0.1, 0.15) is 32.1 Å². The number of aliphatic carboxylic acids is 1. The molecule has 0 rings (SSSR count). The van der Waals surface area contributed by atoms with Gasteiger partial charge in [-0.2, -0.15) is 0 Å². The molecule has 0 aromatic carbocycles. The summed E-state index contributed by atoms with van der Waals surface area (Å²) in [6.45, 7) is 1.20. The summed E-state index contributed by atoms with van der Waals surface area (Å²) in [5.41, 5.74) is 0. The van der Waals surface area contributed by atoms with Gasteiger partial charge in [-0.15, -0.1) is 0 Å². The van der Waals surface area contributed by atoms with Gasteiger partial charge in [-0.3, -0.25) is 9.59 Å². The third-order valence-electron chi connectivity index (χ3n) is 1.99. The van der Waals surface area contributed by atoms with Crippen LogP contribution in [0.5, 0.6) is 0 Å². The average molecular weight is 216 g/mol. The summed E-state index contributed by atoms with van der Waals surface area (Å²) >= 11 is 0. The summed E-state index contributed by atoms with van der Waals surface area (Å²) in [5.74, 6) is -0.940. The number of carbonyl (C=O) groups excluding carboxylic acids is 1. The first-order valence-electron chi connectivity index (χ1n) is 5.30. The molecule has 0 atom stereocenters. The maximum atomic E-state index is 11.1. The summed E-state index contributed by atoms with van der Waals surface area (Å²) in [5, 5.41) is 13.9. The molecule has 0 unspecified atom stereocenters. The molecular formula is C10H20N2O3. The first-order chi connectivity index (χ1) is 7.16. The predicted octanol–water partition coefficient (Wildman–Crippen LogP) is 0.357. The lowest BCUT2D eigenvalue weighted by atomic mass is 10.2. The number of rotatable bonds is 9. The topological polar surface area (TPSA) is 78.4 Å². The molecule has 0 bridgehead atoms. The number of hydrogen-bond acceptors (Lipinski definition) is 3. The van der Waals surface area contributed by atoms with Gasteiger partial charge in [0, 0.05) is 13.0 Å². The molecular weight excluding hydrogens is 196 g/mol. The number of carbonyl (C=O) groups is 2. The van der Waals surface area contributed by atoms with Crippen molar-refractivity contribution >= 4 is 11.9 Å². The van der Waals surface area contributed by atoms with E-state index >= 15 is 0 Å². The Morgan fingerprint density at radius 3 is 2.40 bits per heavy atom. The van der Waals surface area contributed by atoms with Crippen LogP contribution in [-0.4, -0.2) is 37.1 Å². The molecule has 0 radical (unpaired) electrons. The molecule has 0 spiro atoms. The second-order valence-corrected chi connectivity index (χ2v) is 3.41. The first kappa shape index (κ1) is 13.9. The fourth-order valence-corrected chi connectivity index (χ4v) is 1.16. The fraction of sp³-hybridized carbons (Fsp3) is 0.800. The van der Waals surface area contributed by atoms with Gasteiger partial charge in [0.1, 0.15) is 0 Å². The number of amides is 1. The maximum Gasteiger partial charge on any atom is 0.305 e. The number of carboxylic acid groups (broad SMARTS) is 1. The van der Waals surface area contributed by atoms with Crippen LogP contribution in [-0.2, 0) is 9.59 Å². The Kier molecular flexibility index (Phi) is 8.76. The lowest BCUT2D eigenvalue weighted by molar-refractivity contribution is -0.136. The van der Waals surface area contributed by atoms with Crippen molar-refractivity contribution in [3.8, 4) is 0 Å². The standard InChI is InChI=1S/C10H20N2O3/c1-11-7-4-2-3-5-9(13)12-8-6-10(14)15/h11H,2-8H2,1H3,(H,12,13)(H,14,15). The van der Waals surface area contributed by atoms with Gasteiger partial charge in [-0.25, -0.2) is 0 Å². The van der Waals surface area contributed by atoms with Crippen molar-refractivity contribution < 1.29 is 14.7 Å². The van der Waals surface area contributed by atoms with Crippen LogP contribution in [0.15, 0.2) is 0 Å². The van der Waals surface area contributed by atoms with Crippen molar-refractivity contribution in [2.24, 2.45) is 0 Å². The van der Waals surface area contributed by atoms with E-state index in [0.717, 1.165) is 25.8 Å². The predicted molar refractivity (Wildman–Crippen MR) is 57.7 cm³/mol. The van der Waals surface area contributed by atoms with E-state index in [-0.39, 0.29) is 18.9 Å². The molecule has 3 N–H and O–H groups in total.